The fraction of sp³-hybridized carbons (Fsp3) is 0.500. The number of nitrogen functional groups attached to an aromatic ring is 1. The minimum atomic E-state index is -1.27. The first kappa shape index (κ1) is 14.6. The molecule has 1 amide bonds. The van der Waals surface area contributed by atoms with Crippen LogP contribution in [-0.2, 0) is 15.3 Å². The van der Waals surface area contributed by atoms with Crippen molar-refractivity contribution >= 4 is 22.9 Å². The molecule has 3 heterocycles. The number of imidazole rings is 1. The van der Waals surface area contributed by atoms with Gasteiger partial charge in [-0.15, -0.1) is 0 Å². The van der Waals surface area contributed by atoms with Crippen molar-refractivity contribution in [3.05, 3.63) is 12.7 Å². The molecule has 0 bridgehead atoms. The molecule has 0 radical (unpaired) electrons. The maximum absolute atomic E-state index is 11.5. The highest BCUT2D eigenvalue weighted by atomic mass is 16.6. The lowest BCUT2D eigenvalue weighted by Gasteiger charge is -2.29. The van der Waals surface area contributed by atoms with Gasteiger partial charge in [-0.05, 0) is 0 Å². The third-order valence-electron chi connectivity index (χ3n) is 3.76. The second kappa shape index (κ2) is 5.16. The van der Waals surface area contributed by atoms with Crippen molar-refractivity contribution < 1.29 is 19.7 Å². The van der Waals surface area contributed by atoms with Gasteiger partial charge in [-0.3, -0.25) is 9.36 Å². The molecule has 0 spiro atoms. The number of nitrogens with zero attached hydrogens (tertiary/aromatic N) is 4. The molecule has 10 nitrogen and oxygen atoms in total. The summed E-state index contributed by atoms with van der Waals surface area (Å²) in [6.45, 7) is -0.384. The number of rotatable bonds is 4. The molecule has 1 saturated heterocycles. The summed E-state index contributed by atoms with van der Waals surface area (Å²) < 4.78 is 7.24. The average Bonchev–Trinajstić information content (AvgIpc) is 3.01. The molecule has 0 unspecified atom stereocenters. The van der Waals surface area contributed by atoms with Crippen LogP contribution in [0.2, 0.25) is 0 Å². The van der Waals surface area contributed by atoms with Crippen molar-refractivity contribution in [2.24, 2.45) is 5.73 Å². The highest BCUT2D eigenvalue weighted by Gasteiger charge is 2.49. The molecular formula is C12H16N6O4. The number of primary amides is 1. The van der Waals surface area contributed by atoms with Gasteiger partial charge in [0.05, 0.1) is 25.5 Å². The second-order valence-corrected chi connectivity index (χ2v) is 5.25. The molecule has 118 valence electrons. The number of hydrogen-bond acceptors (Lipinski definition) is 8. The number of anilines is 1. The third-order valence-corrected chi connectivity index (χ3v) is 3.76. The Morgan fingerprint density at radius 2 is 2.27 bits per heavy atom. The Kier molecular flexibility index (Phi) is 3.43. The minimum Gasteiger partial charge on any atom is -0.394 e. The molecule has 3 rings (SSSR count). The zero-order chi connectivity index (χ0) is 15.9. The monoisotopic (exact) mass is 308 g/mol. The largest absolute Gasteiger partial charge is 0.394 e. The summed E-state index contributed by atoms with van der Waals surface area (Å²) >= 11 is 0. The fourth-order valence-corrected chi connectivity index (χ4v) is 2.80. The van der Waals surface area contributed by atoms with Crippen LogP contribution in [0.5, 0.6) is 0 Å². The molecule has 1 aliphatic heterocycles. The van der Waals surface area contributed by atoms with Crippen molar-refractivity contribution in [3.63, 3.8) is 0 Å². The summed E-state index contributed by atoms with van der Waals surface area (Å²) in [7, 11) is 0. The summed E-state index contributed by atoms with van der Waals surface area (Å²) in [5.41, 5.74) is 10.5. The van der Waals surface area contributed by atoms with Crippen LogP contribution in [0, 0.1) is 0 Å². The van der Waals surface area contributed by atoms with Crippen LogP contribution in [-0.4, -0.2) is 54.5 Å². The lowest BCUT2D eigenvalue weighted by molar-refractivity contribution is -0.141. The highest BCUT2D eigenvalue weighted by molar-refractivity contribution is 5.82. The molecule has 22 heavy (non-hydrogen) atoms. The van der Waals surface area contributed by atoms with Gasteiger partial charge in [-0.2, -0.15) is 0 Å². The van der Waals surface area contributed by atoms with Crippen molar-refractivity contribution in [1.82, 2.24) is 19.5 Å². The number of carbonyl (C=O) groups is 1. The van der Waals surface area contributed by atoms with E-state index < -0.39 is 23.8 Å². The summed E-state index contributed by atoms with van der Waals surface area (Å²) in [5, 5.41) is 19.3. The van der Waals surface area contributed by atoms with E-state index in [1.807, 2.05) is 0 Å². The number of ether oxygens (including phenoxy) is 1. The topological polar surface area (TPSA) is 162 Å². The van der Waals surface area contributed by atoms with E-state index in [0.29, 0.717) is 11.2 Å². The Morgan fingerprint density at radius 1 is 1.50 bits per heavy atom. The molecule has 2 aromatic heterocycles. The number of aliphatic hydroxyl groups excluding tert-OH is 2. The lowest BCUT2D eigenvalue weighted by atomic mass is 10.0. The normalized spacial score (nSPS) is 28.3. The summed E-state index contributed by atoms with van der Waals surface area (Å²) in [5.74, 6) is -0.426. The standard InChI is InChI=1S/C12H16N6O4/c13-8(21)2-12(1-6(20)7(3-19)22-12)18-5-17-9-10(14)15-4-16-11(9)18/h4-7,19-20H,1-3H2,(H2,13,21)(H2,14,15,16)/t6-,7+,12-/m0/s1. The summed E-state index contributed by atoms with van der Waals surface area (Å²) in [6.07, 6.45) is 0.775. The Balaban J connectivity index is 2.13. The predicted molar refractivity (Wildman–Crippen MR) is 74.1 cm³/mol. The molecule has 10 heteroatoms. The van der Waals surface area contributed by atoms with Crippen LogP contribution in [0.4, 0.5) is 5.82 Å². The Hall–Kier alpha value is -2.30. The first-order chi connectivity index (χ1) is 10.5. The molecule has 0 aliphatic carbocycles. The van der Waals surface area contributed by atoms with Crippen LogP contribution < -0.4 is 11.5 Å². The number of aromatic nitrogens is 4. The highest BCUT2D eigenvalue weighted by Crippen LogP contribution is 2.39. The molecule has 3 atom stereocenters. The maximum Gasteiger partial charge on any atom is 0.222 e. The second-order valence-electron chi connectivity index (χ2n) is 5.25. The van der Waals surface area contributed by atoms with Crippen molar-refractivity contribution in [3.8, 4) is 0 Å². The van der Waals surface area contributed by atoms with Crippen LogP contribution in [0.15, 0.2) is 12.7 Å². The van der Waals surface area contributed by atoms with E-state index in [9.17, 15) is 15.0 Å². The molecule has 2 aromatic rings. The van der Waals surface area contributed by atoms with E-state index in [2.05, 4.69) is 15.0 Å². The third kappa shape index (κ3) is 2.17. The van der Waals surface area contributed by atoms with E-state index in [0.717, 1.165) is 0 Å². The van der Waals surface area contributed by atoms with E-state index in [1.54, 1.807) is 0 Å². The van der Waals surface area contributed by atoms with Crippen LogP contribution >= 0.6 is 0 Å². The number of amides is 1. The van der Waals surface area contributed by atoms with Crippen LogP contribution in [0.25, 0.3) is 11.2 Å². The quantitative estimate of drug-likeness (QED) is 0.508. The van der Waals surface area contributed by atoms with Gasteiger partial charge < -0.3 is 26.4 Å². The molecule has 6 N–H and O–H groups in total. The van der Waals surface area contributed by atoms with Gasteiger partial charge in [-0.25, -0.2) is 15.0 Å². The van der Waals surface area contributed by atoms with Gasteiger partial charge in [0.25, 0.3) is 0 Å². The van der Waals surface area contributed by atoms with E-state index in [1.165, 1.54) is 17.2 Å². The van der Waals surface area contributed by atoms with Gasteiger partial charge in [-0.1, -0.05) is 0 Å². The number of fused-ring (bicyclic) bond motifs is 1. The smallest absolute Gasteiger partial charge is 0.222 e. The molecular weight excluding hydrogens is 292 g/mol. The van der Waals surface area contributed by atoms with E-state index in [-0.39, 0.29) is 25.3 Å². The SMILES string of the molecule is NC(=O)C[C@]1(n2cnc3c(N)ncnc32)C[C@H](O)[C@@H](CO)O1. The summed E-state index contributed by atoms with van der Waals surface area (Å²) in [6, 6.07) is 0. The summed E-state index contributed by atoms with van der Waals surface area (Å²) in [4.78, 5) is 23.5. The number of carbonyl (C=O) groups excluding carboxylic acids is 1. The predicted octanol–water partition coefficient (Wildman–Crippen LogP) is -1.92. The zero-order valence-corrected chi connectivity index (χ0v) is 11.6. The number of hydrogen-bond donors (Lipinski definition) is 4. The molecule has 0 aromatic carbocycles. The van der Waals surface area contributed by atoms with E-state index in [4.69, 9.17) is 16.2 Å². The average molecular weight is 308 g/mol. The molecule has 1 fully saturated rings. The van der Waals surface area contributed by atoms with Crippen LogP contribution in [0.1, 0.15) is 12.8 Å². The van der Waals surface area contributed by atoms with E-state index >= 15 is 0 Å². The fourth-order valence-electron chi connectivity index (χ4n) is 2.80. The van der Waals surface area contributed by atoms with Crippen molar-refractivity contribution in [2.45, 2.75) is 30.8 Å². The minimum absolute atomic E-state index is 0.0660. The lowest BCUT2D eigenvalue weighted by Crippen LogP contribution is -2.38. The van der Waals surface area contributed by atoms with Gasteiger partial charge in [0.1, 0.15) is 17.9 Å². The first-order valence-electron chi connectivity index (χ1n) is 6.66. The van der Waals surface area contributed by atoms with Gasteiger partial charge in [0.2, 0.25) is 5.91 Å². The van der Waals surface area contributed by atoms with Gasteiger partial charge in [0, 0.05) is 6.42 Å². The number of nitrogens with two attached hydrogens (primary N) is 2. The number of aliphatic hydroxyl groups is 2. The Labute approximate surface area is 124 Å². The van der Waals surface area contributed by atoms with Crippen LogP contribution in [0.3, 0.4) is 0 Å². The zero-order valence-electron chi connectivity index (χ0n) is 11.6. The molecule has 0 saturated carbocycles. The van der Waals surface area contributed by atoms with Crippen molar-refractivity contribution in [1.29, 1.82) is 0 Å². The van der Waals surface area contributed by atoms with Gasteiger partial charge >= 0.3 is 0 Å². The maximum atomic E-state index is 11.5. The first-order valence-corrected chi connectivity index (χ1v) is 6.66. The van der Waals surface area contributed by atoms with Gasteiger partial charge in [0.15, 0.2) is 17.2 Å². The van der Waals surface area contributed by atoms with Crippen molar-refractivity contribution in [2.75, 3.05) is 12.3 Å². The molecule has 1 aliphatic rings. The Morgan fingerprint density at radius 3 is 2.91 bits per heavy atom. The Bertz CT molecular complexity index is 719.